The zero-order chi connectivity index (χ0) is 11.8. The van der Waals surface area contributed by atoms with E-state index in [1.165, 1.54) is 0 Å². The number of carbonyl (C=O) groups is 1. The highest BCUT2D eigenvalue weighted by molar-refractivity contribution is 5.78. The van der Waals surface area contributed by atoms with Gasteiger partial charge >= 0.3 is 0 Å². The van der Waals surface area contributed by atoms with Crippen molar-refractivity contribution in [3.63, 3.8) is 0 Å². The Hall–Kier alpha value is -0.570. The lowest BCUT2D eigenvalue weighted by Gasteiger charge is -2.27. The summed E-state index contributed by atoms with van der Waals surface area (Å²) in [5.41, 5.74) is 0. The van der Waals surface area contributed by atoms with Gasteiger partial charge in [-0.15, -0.1) is 0 Å². The Morgan fingerprint density at radius 2 is 2.00 bits per heavy atom. The molecular formula is C13H25NO2. The second kappa shape index (κ2) is 7.66. The molecule has 1 saturated carbocycles. The van der Waals surface area contributed by atoms with Crippen LogP contribution in [0.3, 0.4) is 0 Å². The van der Waals surface area contributed by atoms with Gasteiger partial charge in [-0.3, -0.25) is 4.79 Å². The lowest BCUT2D eigenvalue weighted by atomic mass is 9.80. The van der Waals surface area contributed by atoms with Crippen molar-refractivity contribution >= 4 is 5.91 Å². The average Bonchev–Trinajstić information content (AvgIpc) is 2.30. The molecule has 3 nitrogen and oxygen atoms in total. The van der Waals surface area contributed by atoms with E-state index < -0.39 is 0 Å². The third-order valence-electron chi connectivity index (χ3n) is 3.58. The summed E-state index contributed by atoms with van der Waals surface area (Å²) < 4.78 is 0. The first-order valence-corrected chi connectivity index (χ1v) is 6.66. The molecule has 0 heterocycles. The summed E-state index contributed by atoms with van der Waals surface area (Å²) in [5, 5.41) is 11.9. The summed E-state index contributed by atoms with van der Waals surface area (Å²) in [6.07, 6.45) is 7.32. The van der Waals surface area contributed by atoms with Crippen LogP contribution in [0.2, 0.25) is 0 Å². The predicted molar refractivity (Wildman–Crippen MR) is 65.1 cm³/mol. The van der Waals surface area contributed by atoms with Crippen molar-refractivity contribution in [3.8, 4) is 0 Å². The number of unbranched alkanes of at least 4 members (excludes halogenated alkanes) is 1. The summed E-state index contributed by atoms with van der Waals surface area (Å²) in [6.45, 7) is 3.25. The van der Waals surface area contributed by atoms with E-state index in [1.54, 1.807) is 0 Å². The number of amides is 1. The van der Waals surface area contributed by atoms with Crippen LogP contribution in [0.1, 0.15) is 51.9 Å². The van der Waals surface area contributed by atoms with Gasteiger partial charge < -0.3 is 10.4 Å². The van der Waals surface area contributed by atoms with Gasteiger partial charge in [0.05, 0.1) is 0 Å². The van der Waals surface area contributed by atoms with E-state index in [9.17, 15) is 4.79 Å². The summed E-state index contributed by atoms with van der Waals surface area (Å²) in [6, 6.07) is 0. The normalized spacial score (nSPS) is 25.4. The SMILES string of the molecule is CCCCNC(=O)C1CCC(CCO)CC1. The van der Waals surface area contributed by atoms with Crippen LogP contribution in [0.5, 0.6) is 0 Å². The minimum atomic E-state index is 0.229. The van der Waals surface area contributed by atoms with Crippen molar-refractivity contribution < 1.29 is 9.90 Å². The van der Waals surface area contributed by atoms with Crippen LogP contribution in [-0.4, -0.2) is 24.2 Å². The Morgan fingerprint density at radius 1 is 1.31 bits per heavy atom. The summed E-state index contributed by atoms with van der Waals surface area (Å²) in [5.74, 6) is 1.12. The van der Waals surface area contributed by atoms with Crippen molar-refractivity contribution in [2.45, 2.75) is 51.9 Å². The molecule has 1 fully saturated rings. The van der Waals surface area contributed by atoms with E-state index in [0.717, 1.165) is 51.5 Å². The molecule has 1 amide bonds. The molecule has 0 atom stereocenters. The molecular weight excluding hydrogens is 202 g/mol. The van der Waals surface area contributed by atoms with Gasteiger partial charge in [-0.1, -0.05) is 13.3 Å². The zero-order valence-electron chi connectivity index (χ0n) is 10.4. The molecule has 16 heavy (non-hydrogen) atoms. The summed E-state index contributed by atoms with van der Waals surface area (Å²) in [7, 11) is 0. The van der Waals surface area contributed by atoms with Crippen molar-refractivity contribution in [3.05, 3.63) is 0 Å². The third kappa shape index (κ3) is 4.52. The second-order valence-corrected chi connectivity index (χ2v) is 4.87. The number of aliphatic hydroxyl groups is 1. The Kier molecular flexibility index (Phi) is 6.46. The van der Waals surface area contributed by atoms with E-state index in [-0.39, 0.29) is 18.4 Å². The van der Waals surface area contributed by atoms with Crippen molar-refractivity contribution in [1.82, 2.24) is 5.32 Å². The molecule has 0 aromatic rings. The van der Waals surface area contributed by atoms with E-state index >= 15 is 0 Å². The maximum Gasteiger partial charge on any atom is 0.223 e. The van der Waals surface area contributed by atoms with Gasteiger partial charge in [-0.2, -0.15) is 0 Å². The Bertz CT molecular complexity index is 198. The van der Waals surface area contributed by atoms with Gasteiger partial charge in [-0.25, -0.2) is 0 Å². The molecule has 3 heteroatoms. The first-order chi connectivity index (χ1) is 7.77. The molecule has 0 aromatic carbocycles. The molecule has 0 unspecified atom stereocenters. The smallest absolute Gasteiger partial charge is 0.223 e. The molecule has 1 aliphatic carbocycles. The average molecular weight is 227 g/mol. The van der Waals surface area contributed by atoms with Crippen molar-refractivity contribution in [2.75, 3.05) is 13.2 Å². The molecule has 0 radical (unpaired) electrons. The standard InChI is InChI=1S/C13H25NO2/c1-2-3-9-14-13(16)12-6-4-11(5-7-12)8-10-15/h11-12,15H,2-10H2,1H3,(H,14,16). The molecule has 0 aromatic heterocycles. The molecule has 0 spiro atoms. The molecule has 0 aliphatic heterocycles. The Morgan fingerprint density at radius 3 is 2.56 bits per heavy atom. The van der Waals surface area contributed by atoms with Gasteiger partial charge in [0.1, 0.15) is 0 Å². The van der Waals surface area contributed by atoms with Crippen LogP contribution in [-0.2, 0) is 4.79 Å². The fourth-order valence-corrected chi connectivity index (χ4v) is 2.43. The fourth-order valence-electron chi connectivity index (χ4n) is 2.43. The van der Waals surface area contributed by atoms with Crippen LogP contribution in [0.25, 0.3) is 0 Å². The quantitative estimate of drug-likeness (QED) is 0.683. The largest absolute Gasteiger partial charge is 0.396 e. The van der Waals surface area contributed by atoms with Gasteiger partial charge in [0.25, 0.3) is 0 Å². The maximum atomic E-state index is 11.8. The molecule has 1 rings (SSSR count). The van der Waals surface area contributed by atoms with Crippen molar-refractivity contribution in [1.29, 1.82) is 0 Å². The number of carbonyl (C=O) groups excluding carboxylic acids is 1. The highest BCUT2D eigenvalue weighted by Crippen LogP contribution is 2.30. The topological polar surface area (TPSA) is 49.3 Å². The van der Waals surface area contributed by atoms with E-state index in [1.807, 2.05) is 0 Å². The molecule has 0 bridgehead atoms. The highest BCUT2D eigenvalue weighted by atomic mass is 16.3. The van der Waals surface area contributed by atoms with Crippen LogP contribution in [0, 0.1) is 11.8 Å². The Balaban J connectivity index is 2.17. The van der Waals surface area contributed by atoms with E-state index in [0.29, 0.717) is 5.92 Å². The van der Waals surface area contributed by atoms with Crippen molar-refractivity contribution in [2.24, 2.45) is 11.8 Å². The van der Waals surface area contributed by atoms with Gasteiger partial charge in [0.2, 0.25) is 5.91 Å². The number of rotatable bonds is 6. The van der Waals surface area contributed by atoms with Crippen LogP contribution in [0.4, 0.5) is 0 Å². The van der Waals surface area contributed by atoms with E-state index in [4.69, 9.17) is 5.11 Å². The maximum absolute atomic E-state index is 11.8. The van der Waals surface area contributed by atoms with Gasteiger partial charge in [0.15, 0.2) is 0 Å². The molecule has 0 saturated heterocycles. The van der Waals surface area contributed by atoms with E-state index in [2.05, 4.69) is 12.2 Å². The molecule has 2 N–H and O–H groups in total. The highest BCUT2D eigenvalue weighted by Gasteiger charge is 2.25. The molecule has 1 aliphatic rings. The van der Waals surface area contributed by atoms with Crippen LogP contribution < -0.4 is 5.32 Å². The van der Waals surface area contributed by atoms with Crippen LogP contribution >= 0.6 is 0 Å². The van der Waals surface area contributed by atoms with Gasteiger partial charge in [-0.05, 0) is 44.4 Å². The Labute approximate surface area is 98.6 Å². The minimum Gasteiger partial charge on any atom is -0.396 e. The molecule has 94 valence electrons. The minimum absolute atomic E-state index is 0.229. The predicted octanol–water partition coefficient (Wildman–Crippen LogP) is 2.09. The third-order valence-corrected chi connectivity index (χ3v) is 3.58. The lowest BCUT2D eigenvalue weighted by molar-refractivity contribution is -0.126. The number of hydrogen-bond donors (Lipinski definition) is 2. The first kappa shape index (κ1) is 13.5. The first-order valence-electron chi connectivity index (χ1n) is 6.66. The monoisotopic (exact) mass is 227 g/mol. The number of nitrogens with one attached hydrogen (secondary N) is 1. The number of aliphatic hydroxyl groups excluding tert-OH is 1. The second-order valence-electron chi connectivity index (χ2n) is 4.87. The fraction of sp³-hybridized carbons (Fsp3) is 0.923. The number of hydrogen-bond acceptors (Lipinski definition) is 2. The van der Waals surface area contributed by atoms with Crippen LogP contribution in [0.15, 0.2) is 0 Å². The van der Waals surface area contributed by atoms with Gasteiger partial charge in [0, 0.05) is 19.1 Å². The lowest BCUT2D eigenvalue weighted by Crippen LogP contribution is -2.33. The summed E-state index contributed by atoms with van der Waals surface area (Å²) >= 11 is 0. The summed E-state index contributed by atoms with van der Waals surface area (Å²) in [4.78, 5) is 11.8. The zero-order valence-corrected chi connectivity index (χ0v) is 10.4.